The average Bonchev–Trinajstić information content (AvgIpc) is 2.58. The third-order valence-corrected chi connectivity index (χ3v) is 4.58. The van der Waals surface area contributed by atoms with Crippen molar-refractivity contribution in [2.24, 2.45) is 5.73 Å². The van der Waals surface area contributed by atoms with Crippen LogP contribution in [0.1, 0.15) is 75.8 Å². The molecule has 0 spiro atoms. The van der Waals surface area contributed by atoms with Gasteiger partial charge < -0.3 is 11.1 Å². The molecule has 0 bridgehead atoms. The molecule has 0 fully saturated rings. The maximum Gasteiger partial charge on any atom is 0.106 e. The minimum absolute atomic E-state index is 0.702. The van der Waals surface area contributed by atoms with Gasteiger partial charge in [0.25, 0.3) is 0 Å². The topological polar surface area (TPSA) is 38.0 Å². The Balaban J connectivity index is 2.15. The molecule has 0 saturated heterocycles. The van der Waals surface area contributed by atoms with Crippen molar-refractivity contribution < 1.29 is 0 Å². The van der Waals surface area contributed by atoms with Crippen LogP contribution in [0.25, 0.3) is 0 Å². The van der Waals surface area contributed by atoms with Crippen molar-refractivity contribution in [3.05, 3.63) is 35.4 Å². The summed E-state index contributed by atoms with van der Waals surface area (Å²) in [5.74, 6) is 0. The Morgan fingerprint density at radius 3 is 2.13 bits per heavy atom. The van der Waals surface area contributed by atoms with Crippen molar-refractivity contribution in [3.63, 3.8) is 0 Å². The Morgan fingerprint density at radius 2 is 1.52 bits per heavy atom. The molecular weight excluding hydrogens is 300 g/mol. The molecule has 1 rings (SSSR count). The van der Waals surface area contributed by atoms with Gasteiger partial charge in [-0.15, -0.1) is 0 Å². The smallest absolute Gasteiger partial charge is 0.106 e. The van der Waals surface area contributed by atoms with Crippen molar-refractivity contribution >= 4 is 17.2 Å². The molecule has 2 nitrogen and oxygen atoms in total. The minimum Gasteiger partial charge on any atom is -0.376 e. The molecule has 1 aromatic rings. The third kappa shape index (κ3) is 9.72. The average molecular weight is 335 g/mol. The van der Waals surface area contributed by atoms with E-state index in [9.17, 15) is 0 Å². The van der Waals surface area contributed by atoms with E-state index in [-0.39, 0.29) is 0 Å². The van der Waals surface area contributed by atoms with Gasteiger partial charge in [0.15, 0.2) is 0 Å². The van der Waals surface area contributed by atoms with Crippen LogP contribution >= 0.6 is 12.2 Å². The number of nitrogens with one attached hydrogen (secondary N) is 1. The van der Waals surface area contributed by atoms with E-state index in [1.54, 1.807) is 0 Å². The SMILES string of the molecule is CCCCCCCCCCc1ccc(C(=S)NCCCN)cc1. The molecular formula is C20H34N2S. The second kappa shape index (κ2) is 13.5. The summed E-state index contributed by atoms with van der Waals surface area (Å²) in [7, 11) is 0. The summed E-state index contributed by atoms with van der Waals surface area (Å²) in [4.78, 5) is 0.831. The van der Waals surface area contributed by atoms with E-state index in [4.69, 9.17) is 18.0 Å². The van der Waals surface area contributed by atoms with Crippen LogP contribution in [0, 0.1) is 0 Å². The maximum atomic E-state index is 5.49. The monoisotopic (exact) mass is 334 g/mol. The summed E-state index contributed by atoms with van der Waals surface area (Å²) >= 11 is 5.39. The summed E-state index contributed by atoms with van der Waals surface area (Å²) in [5.41, 5.74) is 8.02. The molecule has 0 atom stereocenters. The predicted molar refractivity (Wildman–Crippen MR) is 106 cm³/mol. The molecule has 130 valence electrons. The van der Waals surface area contributed by atoms with Crippen LogP contribution in [0.4, 0.5) is 0 Å². The van der Waals surface area contributed by atoms with Gasteiger partial charge in [-0.05, 0) is 31.4 Å². The van der Waals surface area contributed by atoms with Gasteiger partial charge in [0.2, 0.25) is 0 Å². The second-order valence-electron chi connectivity index (χ2n) is 6.32. The fourth-order valence-corrected chi connectivity index (χ4v) is 2.93. The highest BCUT2D eigenvalue weighted by atomic mass is 32.1. The van der Waals surface area contributed by atoms with Gasteiger partial charge in [0.05, 0.1) is 0 Å². The predicted octanol–water partition coefficient (Wildman–Crippen LogP) is 4.98. The van der Waals surface area contributed by atoms with Crippen LogP contribution in [0.2, 0.25) is 0 Å². The summed E-state index contributed by atoms with van der Waals surface area (Å²) in [5, 5.41) is 3.25. The lowest BCUT2D eigenvalue weighted by atomic mass is 10.0. The zero-order valence-electron chi connectivity index (χ0n) is 14.8. The molecule has 0 amide bonds. The largest absolute Gasteiger partial charge is 0.376 e. The fraction of sp³-hybridized carbons (Fsp3) is 0.650. The first-order valence-electron chi connectivity index (χ1n) is 9.35. The molecule has 0 unspecified atom stereocenters. The molecule has 0 radical (unpaired) electrons. The molecule has 0 aliphatic carbocycles. The highest BCUT2D eigenvalue weighted by Gasteiger charge is 2.01. The number of unbranched alkanes of at least 4 members (excludes halogenated alkanes) is 7. The van der Waals surface area contributed by atoms with Gasteiger partial charge in [-0.3, -0.25) is 0 Å². The van der Waals surface area contributed by atoms with Crippen LogP contribution < -0.4 is 11.1 Å². The lowest BCUT2D eigenvalue weighted by Crippen LogP contribution is -2.24. The number of aryl methyl sites for hydroxylation is 1. The number of hydrogen-bond donors (Lipinski definition) is 2. The maximum absolute atomic E-state index is 5.49. The molecule has 0 heterocycles. The van der Waals surface area contributed by atoms with Crippen LogP contribution in [0.3, 0.4) is 0 Å². The molecule has 0 aliphatic rings. The summed E-state index contributed by atoms with van der Waals surface area (Å²) in [6.45, 7) is 3.83. The second-order valence-corrected chi connectivity index (χ2v) is 6.73. The Kier molecular flexibility index (Phi) is 11.8. The molecule has 3 N–H and O–H groups in total. The van der Waals surface area contributed by atoms with E-state index in [1.165, 1.54) is 63.4 Å². The van der Waals surface area contributed by atoms with Gasteiger partial charge in [0, 0.05) is 12.1 Å². The quantitative estimate of drug-likeness (QED) is 0.394. The third-order valence-electron chi connectivity index (χ3n) is 4.20. The van der Waals surface area contributed by atoms with Crippen LogP contribution in [0.15, 0.2) is 24.3 Å². The molecule has 23 heavy (non-hydrogen) atoms. The highest BCUT2D eigenvalue weighted by Crippen LogP contribution is 2.12. The van der Waals surface area contributed by atoms with Gasteiger partial charge in [-0.1, -0.05) is 88.4 Å². The minimum atomic E-state index is 0.702. The van der Waals surface area contributed by atoms with Crippen molar-refractivity contribution in [2.75, 3.05) is 13.1 Å². The van der Waals surface area contributed by atoms with Crippen LogP contribution in [0.5, 0.6) is 0 Å². The first-order chi connectivity index (χ1) is 11.3. The summed E-state index contributed by atoms with van der Waals surface area (Å²) in [6.07, 6.45) is 13.1. The Labute approximate surface area is 148 Å². The van der Waals surface area contributed by atoms with Gasteiger partial charge in [0.1, 0.15) is 4.99 Å². The lowest BCUT2D eigenvalue weighted by Gasteiger charge is -2.08. The van der Waals surface area contributed by atoms with Crippen molar-refractivity contribution in [2.45, 2.75) is 71.1 Å². The van der Waals surface area contributed by atoms with Gasteiger partial charge >= 0.3 is 0 Å². The van der Waals surface area contributed by atoms with Crippen molar-refractivity contribution in [1.29, 1.82) is 0 Å². The normalized spacial score (nSPS) is 10.7. The highest BCUT2D eigenvalue weighted by molar-refractivity contribution is 7.80. The van der Waals surface area contributed by atoms with Crippen molar-refractivity contribution in [1.82, 2.24) is 5.32 Å². The number of thiocarbonyl (C=S) groups is 1. The zero-order valence-corrected chi connectivity index (χ0v) is 15.6. The molecule has 0 saturated carbocycles. The van der Waals surface area contributed by atoms with Gasteiger partial charge in [-0.2, -0.15) is 0 Å². The Bertz CT molecular complexity index is 414. The van der Waals surface area contributed by atoms with Crippen LogP contribution in [-0.4, -0.2) is 18.1 Å². The standard InChI is InChI=1S/C20H34N2S/c1-2-3-4-5-6-7-8-9-11-18-12-14-19(15-13-18)20(23)22-17-10-16-21/h12-15H,2-11,16-17,21H2,1H3,(H,22,23). The van der Waals surface area contributed by atoms with E-state index in [0.29, 0.717) is 6.54 Å². The molecule has 0 aromatic heterocycles. The van der Waals surface area contributed by atoms with Crippen LogP contribution in [-0.2, 0) is 6.42 Å². The molecule has 0 aliphatic heterocycles. The fourth-order valence-electron chi connectivity index (χ4n) is 2.69. The lowest BCUT2D eigenvalue weighted by molar-refractivity contribution is 0.575. The molecule has 3 heteroatoms. The van der Waals surface area contributed by atoms with E-state index in [1.807, 2.05) is 0 Å². The van der Waals surface area contributed by atoms with E-state index in [0.717, 1.165) is 23.5 Å². The molecule has 1 aromatic carbocycles. The summed E-state index contributed by atoms with van der Waals surface area (Å²) in [6, 6.07) is 8.71. The Morgan fingerprint density at radius 1 is 0.913 bits per heavy atom. The first-order valence-corrected chi connectivity index (χ1v) is 9.76. The number of nitrogens with two attached hydrogens (primary N) is 1. The van der Waals surface area contributed by atoms with Crippen molar-refractivity contribution in [3.8, 4) is 0 Å². The van der Waals surface area contributed by atoms with Gasteiger partial charge in [-0.25, -0.2) is 0 Å². The Hall–Kier alpha value is -0.930. The number of benzene rings is 1. The van der Waals surface area contributed by atoms with E-state index >= 15 is 0 Å². The summed E-state index contributed by atoms with van der Waals surface area (Å²) < 4.78 is 0. The van der Waals surface area contributed by atoms with E-state index < -0.39 is 0 Å². The van der Waals surface area contributed by atoms with E-state index in [2.05, 4.69) is 36.5 Å². The number of hydrogen-bond acceptors (Lipinski definition) is 2. The number of rotatable bonds is 13. The first kappa shape index (κ1) is 20.1. The zero-order chi connectivity index (χ0) is 16.8.